The Balaban J connectivity index is 2.96. The third-order valence-electron chi connectivity index (χ3n) is 4.37. The van der Waals surface area contributed by atoms with E-state index in [2.05, 4.69) is 53.4 Å². The van der Waals surface area contributed by atoms with Crippen LogP contribution in [0.2, 0.25) is 0 Å². The molecule has 0 N–H and O–H groups in total. The summed E-state index contributed by atoms with van der Waals surface area (Å²) in [4.78, 5) is 14.3. The summed E-state index contributed by atoms with van der Waals surface area (Å²) in [7, 11) is 0. The Hall–Kier alpha value is -0.530. The summed E-state index contributed by atoms with van der Waals surface area (Å²) in [6.45, 7) is 17.8. The van der Waals surface area contributed by atoms with Gasteiger partial charge < -0.3 is 4.90 Å². The lowest BCUT2D eigenvalue weighted by atomic mass is 9.61. The SMILES string of the molecule is CCCN1CC(C(C)(C)C)C(C(C)(C)C)CC1=O. The van der Waals surface area contributed by atoms with Crippen LogP contribution in [0, 0.1) is 22.7 Å². The van der Waals surface area contributed by atoms with Crippen LogP contribution in [0.25, 0.3) is 0 Å². The van der Waals surface area contributed by atoms with Crippen LogP contribution in [-0.4, -0.2) is 23.9 Å². The van der Waals surface area contributed by atoms with E-state index in [-0.39, 0.29) is 10.8 Å². The van der Waals surface area contributed by atoms with Crippen LogP contribution in [0.3, 0.4) is 0 Å². The number of amides is 1. The van der Waals surface area contributed by atoms with E-state index in [1.54, 1.807) is 0 Å². The molecule has 2 unspecified atom stereocenters. The van der Waals surface area contributed by atoms with Gasteiger partial charge in [-0.1, -0.05) is 48.5 Å². The van der Waals surface area contributed by atoms with Gasteiger partial charge in [0.15, 0.2) is 0 Å². The van der Waals surface area contributed by atoms with Crippen LogP contribution in [0.5, 0.6) is 0 Å². The Kier molecular flexibility index (Phi) is 4.51. The van der Waals surface area contributed by atoms with Crippen LogP contribution in [-0.2, 0) is 4.79 Å². The Morgan fingerprint density at radius 1 is 1.06 bits per heavy atom. The first kappa shape index (κ1) is 15.5. The summed E-state index contributed by atoms with van der Waals surface area (Å²) < 4.78 is 0. The molecule has 0 radical (unpaired) electrons. The van der Waals surface area contributed by atoms with Crippen LogP contribution in [0.15, 0.2) is 0 Å². The van der Waals surface area contributed by atoms with Crippen LogP contribution in [0.1, 0.15) is 61.3 Å². The maximum absolute atomic E-state index is 12.2. The maximum Gasteiger partial charge on any atom is 0.222 e. The lowest BCUT2D eigenvalue weighted by molar-refractivity contribution is -0.142. The molecule has 18 heavy (non-hydrogen) atoms. The molecule has 0 saturated carbocycles. The predicted octanol–water partition coefficient (Wildman–Crippen LogP) is 3.95. The van der Waals surface area contributed by atoms with E-state index in [0.717, 1.165) is 25.9 Å². The molecule has 0 aromatic carbocycles. The van der Waals surface area contributed by atoms with E-state index in [9.17, 15) is 4.79 Å². The van der Waals surface area contributed by atoms with Crippen molar-refractivity contribution < 1.29 is 4.79 Å². The van der Waals surface area contributed by atoms with Crippen LogP contribution >= 0.6 is 0 Å². The number of hydrogen-bond acceptors (Lipinski definition) is 1. The summed E-state index contributed by atoms with van der Waals surface area (Å²) in [5.74, 6) is 1.46. The van der Waals surface area contributed by atoms with E-state index in [1.165, 1.54) is 0 Å². The molecule has 0 spiro atoms. The number of piperidine rings is 1. The molecule has 2 atom stereocenters. The molecule has 1 rings (SSSR count). The van der Waals surface area contributed by atoms with Gasteiger partial charge in [-0.05, 0) is 29.1 Å². The van der Waals surface area contributed by atoms with Gasteiger partial charge in [0.2, 0.25) is 5.91 Å². The summed E-state index contributed by atoms with van der Waals surface area (Å²) >= 11 is 0. The molecule has 1 amide bonds. The molecule has 0 aromatic rings. The molecule has 0 aliphatic carbocycles. The van der Waals surface area contributed by atoms with Gasteiger partial charge in [0.1, 0.15) is 0 Å². The highest BCUT2D eigenvalue weighted by Crippen LogP contribution is 2.46. The first-order valence-electron chi connectivity index (χ1n) is 7.35. The molecular weight excluding hydrogens is 222 g/mol. The van der Waals surface area contributed by atoms with E-state index in [0.29, 0.717) is 17.7 Å². The van der Waals surface area contributed by atoms with E-state index >= 15 is 0 Å². The molecule has 106 valence electrons. The molecular formula is C16H31NO. The summed E-state index contributed by atoms with van der Waals surface area (Å²) in [6.07, 6.45) is 1.79. The standard InChI is InChI=1S/C16H31NO/c1-8-9-17-11-13(16(5,6)7)12(10-14(17)18)15(2,3)4/h12-13H,8-11H2,1-7H3. The molecule has 2 heteroatoms. The largest absolute Gasteiger partial charge is 0.342 e. The zero-order valence-electron chi connectivity index (χ0n) is 13.3. The van der Waals surface area contributed by atoms with Gasteiger partial charge in [-0.25, -0.2) is 0 Å². The smallest absolute Gasteiger partial charge is 0.222 e. The van der Waals surface area contributed by atoms with Crippen molar-refractivity contribution in [2.75, 3.05) is 13.1 Å². The van der Waals surface area contributed by atoms with Crippen molar-refractivity contribution in [2.24, 2.45) is 22.7 Å². The van der Waals surface area contributed by atoms with Crippen molar-refractivity contribution >= 4 is 5.91 Å². The minimum Gasteiger partial charge on any atom is -0.342 e. The lowest BCUT2D eigenvalue weighted by Crippen LogP contribution is -2.52. The fraction of sp³-hybridized carbons (Fsp3) is 0.938. The zero-order chi connectivity index (χ0) is 14.1. The van der Waals surface area contributed by atoms with Gasteiger partial charge in [-0.15, -0.1) is 0 Å². The normalized spacial score (nSPS) is 26.6. The van der Waals surface area contributed by atoms with Crippen molar-refractivity contribution in [3.63, 3.8) is 0 Å². The van der Waals surface area contributed by atoms with Gasteiger partial charge in [0, 0.05) is 19.5 Å². The fourth-order valence-electron chi connectivity index (χ4n) is 3.20. The third kappa shape index (κ3) is 3.49. The van der Waals surface area contributed by atoms with Gasteiger partial charge in [0.25, 0.3) is 0 Å². The van der Waals surface area contributed by atoms with Crippen molar-refractivity contribution in [3.8, 4) is 0 Å². The summed E-state index contributed by atoms with van der Waals surface area (Å²) in [5.41, 5.74) is 0.483. The quantitative estimate of drug-likeness (QED) is 0.729. The monoisotopic (exact) mass is 253 g/mol. The minimum absolute atomic E-state index is 0.214. The maximum atomic E-state index is 12.2. The number of carbonyl (C=O) groups is 1. The number of nitrogens with zero attached hydrogens (tertiary/aromatic N) is 1. The Bertz CT molecular complexity index is 295. The van der Waals surface area contributed by atoms with Gasteiger partial charge >= 0.3 is 0 Å². The Morgan fingerprint density at radius 3 is 1.94 bits per heavy atom. The zero-order valence-corrected chi connectivity index (χ0v) is 13.3. The number of hydrogen-bond donors (Lipinski definition) is 0. The minimum atomic E-state index is 0.214. The molecule has 1 heterocycles. The number of likely N-dealkylation sites (tertiary alicyclic amines) is 1. The molecule has 0 aromatic heterocycles. The molecule has 1 fully saturated rings. The average Bonchev–Trinajstić information content (AvgIpc) is 2.17. The van der Waals surface area contributed by atoms with Gasteiger partial charge in [-0.3, -0.25) is 4.79 Å². The van der Waals surface area contributed by atoms with Crippen molar-refractivity contribution in [3.05, 3.63) is 0 Å². The molecule has 2 nitrogen and oxygen atoms in total. The second-order valence-corrected chi connectivity index (χ2v) is 7.99. The van der Waals surface area contributed by atoms with Crippen LogP contribution < -0.4 is 0 Å². The van der Waals surface area contributed by atoms with E-state index in [1.807, 2.05) is 0 Å². The molecule has 1 saturated heterocycles. The third-order valence-corrected chi connectivity index (χ3v) is 4.37. The Morgan fingerprint density at radius 2 is 1.56 bits per heavy atom. The highest BCUT2D eigenvalue weighted by molar-refractivity contribution is 5.77. The molecule has 0 bridgehead atoms. The second-order valence-electron chi connectivity index (χ2n) is 7.99. The van der Waals surface area contributed by atoms with Crippen molar-refractivity contribution in [1.29, 1.82) is 0 Å². The lowest BCUT2D eigenvalue weighted by Gasteiger charge is -2.49. The second kappa shape index (κ2) is 5.22. The summed E-state index contributed by atoms with van der Waals surface area (Å²) in [6, 6.07) is 0. The number of carbonyl (C=O) groups excluding carboxylic acids is 1. The van der Waals surface area contributed by atoms with Gasteiger partial charge in [0.05, 0.1) is 0 Å². The highest BCUT2D eigenvalue weighted by Gasteiger charge is 2.44. The van der Waals surface area contributed by atoms with E-state index in [4.69, 9.17) is 0 Å². The fourth-order valence-corrected chi connectivity index (χ4v) is 3.20. The molecule has 1 aliphatic rings. The topological polar surface area (TPSA) is 20.3 Å². The van der Waals surface area contributed by atoms with Gasteiger partial charge in [-0.2, -0.15) is 0 Å². The predicted molar refractivity (Wildman–Crippen MR) is 77.4 cm³/mol. The summed E-state index contributed by atoms with van der Waals surface area (Å²) in [5, 5.41) is 0. The first-order valence-corrected chi connectivity index (χ1v) is 7.35. The Labute approximate surface area is 113 Å². The molecule has 1 aliphatic heterocycles. The number of rotatable bonds is 2. The van der Waals surface area contributed by atoms with Crippen molar-refractivity contribution in [2.45, 2.75) is 61.3 Å². The first-order chi connectivity index (χ1) is 8.07. The van der Waals surface area contributed by atoms with E-state index < -0.39 is 0 Å². The van der Waals surface area contributed by atoms with Crippen molar-refractivity contribution in [1.82, 2.24) is 4.90 Å². The van der Waals surface area contributed by atoms with Crippen LogP contribution in [0.4, 0.5) is 0 Å². The highest BCUT2D eigenvalue weighted by atomic mass is 16.2. The average molecular weight is 253 g/mol.